The average molecular weight is 245 g/mol. The highest BCUT2D eigenvalue weighted by Gasteiger charge is 2.35. The van der Waals surface area contributed by atoms with Gasteiger partial charge in [-0.2, -0.15) is 5.26 Å². The predicted molar refractivity (Wildman–Crippen MR) is 67.2 cm³/mol. The van der Waals surface area contributed by atoms with Crippen LogP contribution in [0, 0.1) is 11.3 Å². The Kier molecular flexibility index (Phi) is 2.92. The molecule has 1 aliphatic heterocycles. The molecular weight excluding hydrogens is 230 g/mol. The van der Waals surface area contributed by atoms with Crippen molar-refractivity contribution in [3.8, 4) is 17.6 Å². The molecule has 0 aliphatic carbocycles. The fourth-order valence-electron chi connectivity index (χ4n) is 2.14. The first-order chi connectivity index (χ1) is 8.54. The summed E-state index contributed by atoms with van der Waals surface area (Å²) in [6.07, 6.45) is 1.89. The number of methoxy groups -OCH3 is 2. The fraction of sp³-hybridized carbons (Fsp3) is 0.357. The van der Waals surface area contributed by atoms with Crippen molar-refractivity contribution in [1.29, 1.82) is 5.26 Å². The quantitative estimate of drug-likeness (QED) is 0.804. The molecule has 1 aliphatic rings. The summed E-state index contributed by atoms with van der Waals surface area (Å²) in [6.45, 7) is 3.57. The van der Waals surface area contributed by atoms with Crippen LogP contribution in [0.3, 0.4) is 0 Å². The van der Waals surface area contributed by atoms with Crippen LogP contribution in [-0.2, 0) is 10.3 Å². The molecule has 0 saturated heterocycles. The van der Waals surface area contributed by atoms with E-state index in [1.165, 1.54) is 0 Å². The van der Waals surface area contributed by atoms with Gasteiger partial charge >= 0.3 is 0 Å². The number of ether oxygens (including phenoxy) is 3. The van der Waals surface area contributed by atoms with E-state index in [1.807, 2.05) is 19.1 Å². The number of fused-ring (bicyclic) bond motifs is 1. The van der Waals surface area contributed by atoms with Crippen LogP contribution in [0.5, 0.6) is 11.5 Å². The summed E-state index contributed by atoms with van der Waals surface area (Å²) in [4.78, 5) is 0. The summed E-state index contributed by atoms with van der Waals surface area (Å²) in [7, 11) is 3.16. The van der Waals surface area contributed by atoms with E-state index >= 15 is 0 Å². The van der Waals surface area contributed by atoms with Gasteiger partial charge in [-0.25, -0.2) is 0 Å². The van der Waals surface area contributed by atoms with Gasteiger partial charge in [0.05, 0.1) is 20.0 Å². The molecule has 18 heavy (non-hydrogen) atoms. The maximum absolute atomic E-state index is 9.33. The lowest BCUT2D eigenvalue weighted by Crippen LogP contribution is -2.27. The van der Waals surface area contributed by atoms with Gasteiger partial charge in [0.15, 0.2) is 11.5 Å². The smallest absolute Gasteiger partial charge is 0.217 e. The molecule has 1 heterocycles. The second kappa shape index (κ2) is 4.26. The van der Waals surface area contributed by atoms with Gasteiger partial charge in [-0.05, 0) is 37.6 Å². The summed E-state index contributed by atoms with van der Waals surface area (Å²) in [5, 5.41) is 9.33. The van der Waals surface area contributed by atoms with Crippen molar-refractivity contribution >= 4 is 6.08 Å². The van der Waals surface area contributed by atoms with Crippen LogP contribution in [0.2, 0.25) is 0 Å². The molecule has 94 valence electrons. The number of nitrogens with zero attached hydrogens (tertiary/aromatic N) is 1. The lowest BCUT2D eigenvalue weighted by atomic mass is 9.89. The number of rotatable bonds is 2. The molecule has 0 saturated carbocycles. The second-order valence-electron chi connectivity index (χ2n) is 4.30. The maximum atomic E-state index is 9.33. The van der Waals surface area contributed by atoms with E-state index in [2.05, 4.69) is 6.07 Å². The largest absolute Gasteiger partial charge is 0.493 e. The fourth-order valence-corrected chi connectivity index (χ4v) is 2.14. The number of nitriles is 1. The lowest BCUT2D eigenvalue weighted by molar-refractivity contribution is 0.0651. The molecule has 0 fully saturated rings. The lowest BCUT2D eigenvalue weighted by Gasteiger charge is -2.30. The van der Waals surface area contributed by atoms with Crippen LogP contribution in [0.25, 0.3) is 6.08 Å². The minimum absolute atomic E-state index is 0.592. The number of hydrogen-bond acceptors (Lipinski definition) is 4. The zero-order chi connectivity index (χ0) is 13.3. The van der Waals surface area contributed by atoms with E-state index in [4.69, 9.17) is 14.2 Å². The van der Waals surface area contributed by atoms with E-state index in [-0.39, 0.29) is 0 Å². The van der Waals surface area contributed by atoms with Crippen molar-refractivity contribution in [1.82, 2.24) is 0 Å². The standard InChI is InChI=1S/C14H15NO3/c1-9-5-10-6-12(16-3)13(17-4)7-11(10)14(2,8-15)18-9/h5-7H,1-4H3. The van der Waals surface area contributed by atoms with Gasteiger partial charge in [-0.3, -0.25) is 0 Å². The molecule has 0 amide bonds. The van der Waals surface area contributed by atoms with E-state index in [0.717, 1.165) is 11.1 Å². The van der Waals surface area contributed by atoms with E-state index in [0.29, 0.717) is 17.3 Å². The second-order valence-corrected chi connectivity index (χ2v) is 4.30. The Morgan fingerprint density at radius 1 is 1.22 bits per heavy atom. The molecule has 0 spiro atoms. The normalized spacial score (nSPS) is 21.2. The van der Waals surface area contributed by atoms with Crippen molar-refractivity contribution in [2.24, 2.45) is 0 Å². The van der Waals surface area contributed by atoms with Crippen LogP contribution < -0.4 is 9.47 Å². The molecular formula is C14H15NO3. The first-order valence-corrected chi connectivity index (χ1v) is 5.59. The van der Waals surface area contributed by atoms with Crippen molar-refractivity contribution in [3.63, 3.8) is 0 Å². The molecule has 0 N–H and O–H groups in total. The monoisotopic (exact) mass is 245 g/mol. The molecule has 1 aromatic rings. The van der Waals surface area contributed by atoms with E-state index < -0.39 is 5.60 Å². The SMILES string of the molecule is COc1cc2c(cc1OC)C(C)(C#N)OC(C)=C2. The Morgan fingerprint density at radius 3 is 2.39 bits per heavy atom. The first-order valence-electron chi connectivity index (χ1n) is 5.59. The summed E-state index contributed by atoms with van der Waals surface area (Å²) in [6, 6.07) is 5.85. The van der Waals surface area contributed by atoms with Crippen LogP contribution in [-0.4, -0.2) is 14.2 Å². The van der Waals surface area contributed by atoms with Crippen LogP contribution in [0.4, 0.5) is 0 Å². The van der Waals surface area contributed by atoms with Crippen LogP contribution >= 0.6 is 0 Å². The highest BCUT2D eigenvalue weighted by molar-refractivity contribution is 5.65. The third kappa shape index (κ3) is 1.78. The van der Waals surface area contributed by atoms with Crippen molar-refractivity contribution in [2.45, 2.75) is 19.4 Å². The van der Waals surface area contributed by atoms with Gasteiger partial charge in [-0.1, -0.05) is 0 Å². The highest BCUT2D eigenvalue weighted by Crippen LogP contribution is 2.41. The van der Waals surface area contributed by atoms with Crippen LogP contribution in [0.15, 0.2) is 17.9 Å². The van der Waals surface area contributed by atoms with Gasteiger partial charge < -0.3 is 14.2 Å². The summed E-state index contributed by atoms with van der Waals surface area (Å²) < 4.78 is 16.1. The van der Waals surface area contributed by atoms with Gasteiger partial charge in [0.1, 0.15) is 6.07 Å². The first kappa shape index (κ1) is 12.3. The molecule has 4 heteroatoms. The van der Waals surface area contributed by atoms with Gasteiger partial charge in [-0.15, -0.1) is 0 Å². The van der Waals surface area contributed by atoms with Gasteiger partial charge in [0.25, 0.3) is 0 Å². The minimum atomic E-state index is -0.992. The van der Waals surface area contributed by atoms with Gasteiger partial charge in [0, 0.05) is 5.56 Å². The molecule has 1 atom stereocenters. The highest BCUT2D eigenvalue weighted by atomic mass is 16.5. The Morgan fingerprint density at radius 2 is 1.83 bits per heavy atom. The third-order valence-corrected chi connectivity index (χ3v) is 3.01. The third-order valence-electron chi connectivity index (χ3n) is 3.01. The molecule has 4 nitrogen and oxygen atoms in total. The Balaban J connectivity index is 2.69. The number of hydrogen-bond donors (Lipinski definition) is 0. The van der Waals surface area contributed by atoms with Crippen molar-refractivity contribution in [2.75, 3.05) is 14.2 Å². The Bertz CT molecular complexity index is 557. The molecule has 0 bridgehead atoms. The van der Waals surface area contributed by atoms with Crippen LogP contribution in [0.1, 0.15) is 25.0 Å². The Labute approximate surface area is 106 Å². The summed E-state index contributed by atoms with van der Waals surface area (Å²) >= 11 is 0. The Hall–Kier alpha value is -2.15. The number of benzene rings is 1. The summed E-state index contributed by atoms with van der Waals surface area (Å²) in [5.41, 5.74) is 0.710. The molecule has 2 rings (SSSR count). The molecule has 0 radical (unpaired) electrons. The zero-order valence-corrected chi connectivity index (χ0v) is 10.9. The summed E-state index contributed by atoms with van der Waals surface area (Å²) in [5.74, 6) is 1.94. The zero-order valence-electron chi connectivity index (χ0n) is 10.9. The minimum Gasteiger partial charge on any atom is -0.493 e. The van der Waals surface area contributed by atoms with E-state index in [9.17, 15) is 5.26 Å². The topological polar surface area (TPSA) is 51.5 Å². The molecule has 0 aromatic heterocycles. The van der Waals surface area contributed by atoms with Crippen molar-refractivity contribution in [3.05, 3.63) is 29.0 Å². The number of allylic oxidation sites excluding steroid dienone is 1. The van der Waals surface area contributed by atoms with E-state index in [1.54, 1.807) is 27.2 Å². The maximum Gasteiger partial charge on any atom is 0.217 e. The average Bonchev–Trinajstić information content (AvgIpc) is 2.37. The molecule has 1 unspecified atom stereocenters. The molecule has 1 aromatic carbocycles. The van der Waals surface area contributed by atoms with Gasteiger partial charge in [0.2, 0.25) is 5.60 Å². The van der Waals surface area contributed by atoms with Crippen molar-refractivity contribution < 1.29 is 14.2 Å². The predicted octanol–water partition coefficient (Wildman–Crippen LogP) is 2.83.